The second kappa shape index (κ2) is 5.07. The number of carbonyl (C=O) groups is 1. The summed E-state index contributed by atoms with van der Waals surface area (Å²) in [5.41, 5.74) is 5.67. The molecular formula is C12H19N3O3. The first-order chi connectivity index (χ1) is 8.59. The molecule has 1 aliphatic carbocycles. The van der Waals surface area contributed by atoms with Crippen molar-refractivity contribution < 1.29 is 14.1 Å². The molecule has 1 saturated carbocycles. The zero-order valence-corrected chi connectivity index (χ0v) is 10.7. The van der Waals surface area contributed by atoms with Crippen LogP contribution in [0.3, 0.4) is 0 Å². The Morgan fingerprint density at radius 2 is 2.44 bits per heavy atom. The number of hydrogen-bond donors (Lipinski definition) is 2. The summed E-state index contributed by atoms with van der Waals surface area (Å²) in [6.45, 7) is 2.70. The third-order valence-electron chi connectivity index (χ3n) is 3.38. The van der Waals surface area contributed by atoms with Gasteiger partial charge in [-0.2, -0.15) is 0 Å². The Balaban J connectivity index is 2.01. The second-order valence-corrected chi connectivity index (χ2v) is 4.96. The molecular weight excluding hydrogens is 234 g/mol. The van der Waals surface area contributed by atoms with Crippen LogP contribution in [0, 0.1) is 5.92 Å². The largest absolute Gasteiger partial charge is 0.377 e. The highest BCUT2D eigenvalue weighted by molar-refractivity contribution is 5.92. The number of methoxy groups -OCH3 is 1. The van der Waals surface area contributed by atoms with Crippen LogP contribution in [-0.2, 0) is 11.3 Å². The Morgan fingerprint density at radius 3 is 3.00 bits per heavy atom. The van der Waals surface area contributed by atoms with Gasteiger partial charge in [-0.25, -0.2) is 0 Å². The molecule has 0 aliphatic heterocycles. The van der Waals surface area contributed by atoms with E-state index in [1.165, 1.54) is 0 Å². The van der Waals surface area contributed by atoms with Crippen LogP contribution in [0.4, 0.5) is 0 Å². The average molecular weight is 253 g/mol. The Kier molecular flexibility index (Phi) is 3.68. The lowest BCUT2D eigenvalue weighted by atomic mass is 9.96. The van der Waals surface area contributed by atoms with Crippen molar-refractivity contribution in [3.05, 3.63) is 17.5 Å². The molecule has 6 heteroatoms. The molecule has 0 saturated heterocycles. The van der Waals surface area contributed by atoms with Crippen LogP contribution in [-0.4, -0.2) is 30.3 Å². The van der Waals surface area contributed by atoms with Gasteiger partial charge in [-0.1, -0.05) is 5.16 Å². The third kappa shape index (κ3) is 2.70. The maximum atomic E-state index is 12.0. The number of aromatic nitrogens is 1. The number of nitrogens with zero attached hydrogens (tertiary/aromatic N) is 1. The molecule has 3 N–H and O–H groups in total. The Hall–Kier alpha value is -1.40. The molecule has 1 heterocycles. The van der Waals surface area contributed by atoms with Crippen LogP contribution in [0.5, 0.6) is 0 Å². The predicted octanol–water partition coefficient (Wildman–Crippen LogP) is 0.678. The monoisotopic (exact) mass is 253 g/mol. The molecule has 1 atom stereocenters. The number of hydrogen-bond acceptors (Lipinski definition) is 5. The fourth-order valence-electron chi connectivity index (χ4n) is 1.99. The number of carbonyl (C=O) groups excluding carboxylic acids is 1. The van der Waals surface area contributed by atoms with Gasteiger partial charge < -0.3 is 20.3 Å². The minimum absolute atomic E-state index is 0.249. The number of ether oxygens (including phenoxy) is 1. The molecule has 100 valence electrons. The second-order valence-electron chi connectivity index (χ2n) is 4.96. The summed E-state index contributed by atoms with van der Waals surface area (Å²) in [5, 5.41) is 6.67. The summed E-state index contributed by atoms with van der Waals surface area (Å²) < 4.78 is 9.89. The van der Waals surface area contributed by atoms with E-state index in [9.17, 15) is 4.79 Å². The SMILES string of the molecule is COCc1cc(C(=O)NC(C)(CN)C2CC2)no1. The van der Waals surface area contributed by atoms with Gasteiger partial charge in [0.25, 0.3) is 5.91 Å². The van der Waals surface area contributed by atoms with E-state index in [0.717, 1.165) is 12.8 Å². The van der Waals surface area contributed by atoms with Crippen LogP contribution in [0.15, 0.2) is 10.6 Å². The Labute approximate surface area is 106 Å². The highest BCUT2D eigenvalue weighted by Gasteiger charge is 2.41. The molecule has 0 radical (unpaired) electrons. The summed E-state index contributed by atoms with van der Waals surface area (Å²) >= 11 is 0. The fraction of sp³-hybridized carbons (Fsp3) is 0.667. The van der Waals surface area contributed by atoms with Gasteiger partial charge in [-0.15, -0.1) is 0 Å². The first kappa shape index (κ1) is 13.0. The van der Waals surface area contributed by atoms with E-state index in [1.54, 1.807) is 13.2 Å². The van der Waals surface area contributed by atoms with Crippen molar-refractivity contribution in [1.29, 1.82) is 0 Å². The van der Waals surface area contributed by atoms with Crippen molar-refractivity contribution in [3.8, 4) is 0 Å². The molecule has 1 unspecified atom stereocenters. The lowest BCUT2D eigenvalue weighted by Gasteiger charge is -2.28. The standard InChI is InChI=1S/C12H19N3O3/c1-12(7-13,8-3-4-8)14-11(16)10-5-9(6-17-2)18-15-10/h5,8H,3-4,6-7,13H2,1-2H3,(H,14,16). The van der Waals surface area contributed by atoms with Crippen molar-refractivity contribution in [2.24, 2.45) is 11.7 Å². The molecule has 1 amide bonds. The van der Waals surface area contributed by atoms with Gasteiger partial charge >= 0.3 is 0 Å². The number of amides is 1. The molecule has 1 aromatic heterocycles. The smallest absolute Gasteiger partial charge is 0.273 e. The minimum Gasteiger partial charge on any atom is -0.377 e. The van der Waals surface area contributed by atoms with Gasteiger partial charge in [-0.05, 0) is 25.7 Å². The minimum atomic E-state index is -0.350. The molecule has 2 rings (SSSR count). The van der Waals surface area contributed by atoms with Crippen molar-refractivity contribution in [2.45, 2.75) is 31.9 Å². The van der Waals surface area contributed by atoms with Crippen LogP contribution in [0.25, 0.3) is 0 Å². The van der Waals surface area contributed by atoms with Crippen molar-refractivity contribution in [3.63, 3.8) is 0 Å². The molecule has 18 heavy (non-hydrogen) atoms. The fourth-order valence-corrected chi connectivity index (χ4v) is 1.99. The normalized spacial score (nSPS) is 18.4. The molecule has 0 spiro atoms. The van der Waals surface area contributed by atoms with E-state index in [4.69, 9.17) is 15.0 Å². The van der Waals surface area contributed by atoms with Gasteiger partial charge in [0.2, 0.25) is 0 Å². The van der Waals surface area contributed by atoms with Gasteiger partial charge in [0.15, 0.2) is 11.5 Å². The Bertz CT molecular complexity index is 428. The van der Waals surface area contributed by atoms with Crippen molar-refractivity contribution in [2.75, 3.05) is 13.7 Å². The van der Waals surface area contributed by atoms with E-state index in [1.807, 2.05) is 6.92 Å². The molecule has 1 fully saturated rings. The van der Waals surface area contributed by atoms with Crippen molar-refractivity contribution in [1.82, 2.24) is 10.5 Å². The van der Waals surface area contributed by atoms with Crippen LogP contribution >= 0.6 is 0 Å². The zero-order valence-electron chi connectivity index (χ0n) is 10.7. The number of nitrogens with one attached hydrogen (secondary N) is 1. The lowest BCUT2D eigenvalue weighted by Crippen LogP contribution is -2.53. The van der Waals surface area contributed by atoms with E-state index >= 15 is 0 Å². The maximum absolute atomic E-state index is 12.0. The van der Waals surface area contributed by atoms with Crippen LogP contribution < -0.4 is 11.1 Å². The van der Waals surface area contributed by atoms with Crippen molar-refractivity contribution >= 4 is 5.91 Å². The molecule has 0 bridgehead atoms. The summed E-state index contributed by atoms with van der Waals surface area (Å²) in [7, 11) is 1.56. The quantitative estimate of drug-likeness (QED) is 0.778. The van der Waals surface area contributed by atoms with Gasteiger partial charge in [0, 0.05) is 19.7 Å². The predicted molar refractivity (Wildman–Crippen MR) is 64.9 cm³/mol. The highest BCUT2D eigenvalue weighted by atomic mass is 16.5. The van der Waals surface area contributed by atoms with E-state index < -0.39 is 0 Å². The summed E-state index contributed by atoms with van der Waals surface area (Å²) in [6, 6.07) is 1.59. The third-order valence-corrected chi connectivity index (χ3v) is 3.38. The van der Waals surface area contributed by atoms with E-state index in [-0.39, 0.29) is 17.1 Å². The topological polar surface area (TPSA) is 90.4 Å². The summed E-state index contributed by atoms with van der Waals surface area (Å²) in [5.74, 6) is 0.751. The lowest BCUT2D eigenvalue weighted by molar-refractivity contribution is 0.0887. The zero-order chi connectivity index (χ0) is 13.2. The average Bonchev–Trinajstić information content (AvgIpc) is 3.11. The van der Waals surface area contributed by atoms with Gasteiger partial charge in [-0.3, -0.25) is 4.79 Å². The van der Waals surface area contributed by atoms with Crippen LogP contribution in [0.2, 0.25) is 0 Å². The van der Waals surface area contributed by atoms with Crippen LogP contribution in [0.1, 0.15) is 36.0 Å². The van der Waals surface area contributed by atoms with E-state index in [2.05, 4.69) is 10.5 Å². The first-order valence-electron chi connectivity index (χ1n) is 6.06. The maximum Gasteiger partial charge on any atom is 0.273 e. The molecule has 6 nitrogen and oxygen atoms in total. The summed E-state index contributed by atoms with van der Waals surface area (Å²) in [4.78, 5) is 12.0. The molecule has 1 aliphatic rings. The molecule has 0 aromatic carbocycles. The highest BCUT2D eigenvalue weighted by Crippen LogP contribution is 2.39. The van der Waals surface area contributed by atoms with Gasteiger partial charge in [0.1, 0.15) is 6.61 Å². The Morgan fingerprint density at radius 1 is 1.72 bits per heavy atom. The summed E-state index contributed by atoms with van der Waals surface area (Å²) in [6.07, 6.45) is 2.23. The number of nitrogens with two attached hydrogens (primary N) is 1. The molecule has 1 aromatic rings. The van der Waals surface area contributed by atoms with E-state index in [0.29, 0.717) is 24.8 Å². The first-order valence-corrected chi connectivity index (χ1v) is 6.06. The number of rotatable bonds is 6. The van der Waals surface area contributed by atoms with Gasteiger partial charge in [0.05, 0.1) is 5.54 Å².